The minimum atomic E-state index is -4.05. The van der Waals surface area contributed by atoms with Crippen LogP contribution in [0.5, 0.6) is 5.75 Å². The molecule has 7 nitrogen and oxygen atoms in total. The molecule has 0 radical (unpaired) electrons. The minimum absolute atomic E-state index is 0.0605. The number of benzene rings is 4. The first-order chi connectivity index (χ1) is 18.7. The van der Waals surface area contributed by atoms with Crippen LogP contribution in [0.3, 0.4) is 0 Å². The van der Waals surface area contributed by atoms with Crippen molar-refractivity contribution in [3.8, 4) is 5.75 Å². The number of ether oxygens (including phenoxy) is 1. The van der Waals surface area contributed by atoms with Gasteiger partial charge in [-0.25, -0.2) is 13.8 Å². The van der Waals surface area contributed by atoms with Gasteiger partial charge in [0.15, 0.2) is 0 Å². The number of amides is 1. The zero-order valence-electron chi connectivity index (χ0n) is 21.5. The molecular formula is C30H28ClN3O4S. The second kappa shape index (κ2) is 12.6. The molecular weight excluding hydrogens is 534 g/mol. The highest BCUT2D eigenvalue weighted by Crippen LogP contribution is 2.29. The van der Waals surface area contributed by atoms with Crippen molar-refractivity contribution in [3.63, 3.8) is 0 Å². The summed E-state index contributed by atoms with van der Waals surface area (Å²) in [5.41, 5.74) is 6.38. The smallest absolute Gasteiger partial charge is 0.264 e. The van der Waals surface area contributed by atoms with E-state index in [1.54, 1.807) is 37.3 Å². The summed E-state index contributed by atoms with van der Waals surface area (Å²) in [7, 11) is -4.05. The van der Waals surface area contributed by atoms with Gasteiger partial charge in [0.05, 0.1) is 16.8 Å². The van der Waals surface area contributed by atoms with Gasteiger partial charge < -0.3 is 4.74 Å². The zero-order chi connectivity index (χ0) is 27.8. The van der Waals surface area contributed by atoms with E-state index < -0.39 is 22.5 Å². The van der Waals surface area contributed by atoms with E-state index in [2.05, 4.69) is 10.5 Å². The second-order valence-corrected chi connectivity index (χ2v) is 11.2. The van der Waals surface area contributed by atoms with Crippen molar-refractivity contribution in [3.05, 3.63) is 124 Å². The zero-order valence-corrected chi connectivity index (χ0v) is 23.1. The van der Waals surface area contributed by atoms with Gasteiger partial charge in [0.1, 0.15) is 18.9 Å². The number of sulfonamides is 1. The molecule has 0 saturated carbocycles. The van der Waals surface area contributed by atoms with Crippen LogP contribution in [0.1, 0.15) is 22.3 Å². The molecule has 4 aromatic rings. The van der Waals surface area contributed by atoms with E-state index >= 15 is 0 Å². The highest BCUT2D eigenvalue weighted by Gasteiger charge is 2.28. The Morgan fingerprint density at radius 1 is 0.949 bits per heavy atom. The molecule has 0 aliphatic carbocycles. The highest BCUT2D eigenvalue weighted by molar-refractivity contribution is 7.92. The number of rotatable bonds is 10. The van der Waals surface area contributed by atoms with Crippen molar-refractivity contribution < 1.29 is 17.9 Å². The molecule has 0 heterocycles. The van der Waals surface area contributed by atoms with Gasteiger partial charge in [-0.05, 0) is 79.1 Å². The van der Waals surface area contributed by atoms with Crippen LogP contribution in [0.25, 0.3) is 0 Å². The van der Waals surface area contributed by atoms with Crippen LogP contribution in [0.4, 0.5) is 5.69 Å². The highest BCUT2D eigenvalue weighted by atomic mass is 35.5. The summed E-state index contributed by atoms with van der Waals surface area (Å²) >= 11 is 6.16. The molecule has 0 saturated heterocycles. The number of aryl methyl sites for hydroxylation is 2. The number of anilines is 1. The molecule has 4 rings (SSSR count). The van der Waals surface area contributed by atoms with Crippen molar-refractivity contribution in [2.45, 2.75) is 25.3 Å². The Balaban J connectivity index is 1.42. The SMILES string of the molecule is Cc1ccc(COc2ccc(/C=N\NC(=O)CN(c3cc(Cl)ccc3C)S(=O)(=O)c3ccccc3)cc2)cc1. The Bertz CT molecular complexity index is 1560. The van der Waals surface area contributed by atoms with E-state index in [4.69, 9.17) is 16.3 Å². The predicted molar refractivity (Wildman–Crippen MR) is 155 cm³/mol. The van der Waals surface area contributed by atoms with Crippen molar-refractivity contribution in [1.82, 2.24) is 5.43 Å². The number of carbonyl (C=O) groups is 1. The van der Waals surface area contributed by atoms with Gasteiger partial charge in [-0.2, -0.15) is 5.10 Å². The molecule has 200 valence electrons. The van der Waals surface area contributed by atoms with Crippen LogP contribution < -0.4 is 14.5 Å². The molecule has 0 aliphatic heterocycles. The number of hydrazone groups is 1. The van der Waals surface area contributed by atoms with E-state index in [1.165, 1.54) is 30.0 Å². The molecule has 1 amide bonds. The van der Waals surface area contributed by atoms with Crippen LogP contribution in [0, 0.1) is 13.8 Å². The van der Waals surface area contributed by atoms with Gasteiger partial charge in [0.25, 0.3) is 15.9 Å². The molecule has 0 spiro atoms. The first kappa shape index (κ1) is 27.9. The number of nitrogens with one attached hydrogen (secondary N) is 1. The molecule has 0 fully saturated rings. The molecule has 1 N–H and O–H groups in total. The largest absolute Gasteiger partial charge is 0.489 e. The fraction of sp³-hybridized carbons (Fsp3) is 0.133. The van der Waals surface area contributed by atoms with Crippen molar-refractivity contribution in [2.24, 2.45) is 5.10 Å². The molecule has 39 heavy (non-hydrogen) atoms. The number of halogens is 1. The Labute approximate surface area is 233 Å². The molecule has 0 aromatic heterocycles. The van der Waals surface area contributed by atoms with Gasteiger partial charge in [-0.3, -0.25) is 9.10 Å². The summed E-state index contributed by atoms with van der Waals surface area (Å²) in [5, 5.41) is 4.36. The van der Waals surface area contributed by atoms with Gasteiger partial charge in [0, 0.05) is 5.02 Å². The number of hydrogen-bond acceptors (Lipinski definition) is 5. The molecule has 9 heteroatoms. The quantitative estimate of drug-likeness (QED) is 0.193. The lowest BCUT2D eigenvalue weighted by Gasteiger charge is -2.25. The van der Waals surface area contributed by atoms with Gasteiger partial charge in [0.2, 0.25) is 0 Å². The van der Waals surface area contributed by atoms with Gasteiger partial charge in [-0.15, -0.1) is 0 Å². The first-order valence-corrected chi connectivity index (χ1v) is 14.0. The van der Waals surface area contributed by atoms with E-state index in [0.29, 0.717) is 28.6 Å². The number of hydrogen-bond donors (Lipinski definition) is 1. The summed E-state index contributed by atoms with van der Waals surface area (Å²) in [6.07, 6.45) is 1.47. The third kappa shape index (κ3) is 7.46. The lowest BCUT2D eigenvalue weighted by molar-refractivity contribution is -0.119. The molecule has 0 aliphatic rings. The fourth-order valence-corrected chi connectivity index (χ4v) is 5.38. The van der Waals surface area contributed by atoms with E-state index in [1.807, 2.05) is 55.5 Å². The lowest BCUT2D eigenvalue weighted by Crippen LogP contribution is -2.40. The third-order valence-electron chi connectivity index (χ3n) is 5.87. The molecule has 0 atom stereocenters. The summed E-state index contributed by atoms with van der Waals surface area (Å²) in [6, 6.07) is 28.2. The minimum Gasteiger partial charge on any atom is -0.489 e. The summed E-state index contributed by atoms with van der Waals surface area (Å²) in [6.45, 7) is 3.76. The van der Waals surface area contributed by atoms with Crippen LogP contribution in [0.2, 0.25) is 5.02 Å². The number of carbonyl (C=O) groups excluding carboxylic acids is 1. The Kier molecular flexibility index (Phi) is 9.01. The van der Waals surface area contributed by atoms with Crippen LogP contribution in [-0.2, 0) is 21.4 Å². The summed E-state index contributed by atoms with van der Waals surface area (Å²) < 4.78 is 33.8. The topological polar surface area (TPSA) is 88.1 Å². The van der Waals surface area contributed by atoms with Crippen LogP contribution in [-0.4, -0.2) is 27.1 Å². The Hall–Kier alpha value is -4.14. The standard InChI is InChI=1S/C30H28ClN3O4S/c1-22-8-11-25(12-9-22)21-38-27-16-13-24(14-17-27)19-32-33-30(35)20-34(29-18-26(31)15-10-23(29)2)39(36,37)28-6-4-3-5-7-28/h3-19H,20-21H2,1-2H3,(H,33,35)/b32-19-. The maximum atomic E-state index is 13.5. The van der Waals surface area contributed by atoms with E-state index in [0.717, 1.165) is 15.4 Å². The third-order valence-corrected chi connectivity index (χ3v) is 7.88. The van der Waals surface area contributed by atoms with E-state index in [9.17, 15) is 13.2 Å². The van der Waals surface area contributed by atoms with Gasteiger partial charge in [-0.1, -0.05) is 65.7 Å². The van der Waals surface area contributed by atoms with Gasteiger partial charge >= 0.3 is 0 Å². The Morgan fingerprint density at radius 3 is 2.33 bits per heavy atom. The van der Waals surface area contributed by atoms with Crippen molar-refractivity contribution in [1.29, 1.82) is 0 Å². The number of nitrogens with zero attached hydrogens (tertiary/aromatic N) is 2. The average Bonchev–Trinajstić information content (AvgIpc) is 2.94. The second-order valence-electron chi connectivity index (χ2n) is 8.89. The van der Waals surface area contributed by atoms with Crippen molar-refractivity contribution in [2.75, 3.05) is 10.8 Å². The van der Waals surface area contributed by atoms with Crippen LogP contribution >= 0.6 is 11.6 Å². The fourth-order valence-electron chi connectivity index (χ4n) is 3.72. The molecule has 0 unspecified atom stereocenters. The summed E-state index contributed by atoms with van der Waals surface area (Å²) in [5.74, 6) is 0.0959. The monoisotopic (exact) mass is 561 g/mol. The van der Waals surface area contributed by atoms with E-state index in [-0.39, 0.29) is 4.90 Å². The van der Waals surface area contributed by atoms with Crippen molar-refractivity contribution >= 4 is 39.4 Å². The predicted octanol–water partition coefficient (Wildman–Crippen LogP) is 5.88. The molecule has 0 bridgehead atoms. The maximum absolute atomic E-state index is 13.5. The first-order valence-electron chi connectivity index (χ1n) is 12.2. The maximum Gasteiger partial charge on any atom is 0.264 e. The Morgan fingerprint density at radius 2 is 1.64 bits per heavy atom. The average molecular weight is 562 g/mol. The normalized spacial score (nSPS) is 11.4. The molecule has 4 aromatic carbocycles. The van der Waals surface area contributed by atoms with Crippen LogP contribution in [0.15, 0.2) is 107 Å². The lowest BCUT2D eigenvalue weighted by atomic mass is 10.2. The summed E-state index contributed by atoms with van der Waals surface area (Å²) in [4.78, 5) is 12.9.